The molecule has 2 amide bonds. The van der Waals surface area contributed by atoms with Crippen LogP contribution in [0.15, 0.2) is 53.6 Å². The van der Waals surface area contributed by atoms with Gasteiger partial charge in [-0.25, -0.2) is 5.43 Å². The van der Waals surface area contributed by atoms with Gasteiger partial charge in [-0.1, -0.05) is 50.9 Å². The SMILES string of the molecule is CCCCOc1ccccc1C=NNC(=O)C(NC(=O)c1ccc(Cl)cc1)C(C)C. The lowest BCUT2D eigenvalue weighted by Crippen LogP contribution is -2.48. The van der Waals surface area contributed by atoms with Crippen LogP contribution in [0.4, 0.5) is 0 Å². The highest BCUT2D eigenvalue weighted by atomic mass is 35.5. The third-order valence-corrected chi connectivity index (χ3v) is 4.65. The van der Waals surface area contributed by atoms with Crippen molar-refractivity contribution in [1.82, 2.24) is 10.7 Å². The summed E-state index contributed by atoms with van der Waals surface area (Å²) in [4.78, 5) is 25.1. The molecule has 0 aromatic heterocycles. The molecule has 0 radical (unpaired) electrons. The number of hydrazone groups is 1. The average molecular weight is 430 g/mol. The van der Waals surface area contributed by atoms with Gasteiger partial charge in [0, 0.05) is 16.1 Å². The third-order valence-electron chi connectivity index (χ3n) is 4.39. The molecule has 0 fully saturated rings. The van der Waals surface area contributed by atoms with Gasteiger partial charge in [0.2, 0.25) is 0 Å². The van der Waals surface area contributed by atoms with Crippen molar-refractivity contribution >= 4 is 29.6 Å². The number of unbranched alkanes of at least 4 members (excludes halogenated alkanes) is 1. The molecule has 2 aromatic rings. The molecule has 0 aliphatic rings. The molecular formula is C23H28ClN3O3. The van der Waals surface area contributed by atoms with Crippen molar-refractivity contribution in [2.24, 2.45) is 11.0 Å². The molecule has 0 saturated carbocycles. The summed E-state index contributed by atoms with van der Waals surface area (Å²) in [6, 6.07) is 13.2. The van der Waals surface area contributed by atoms with Gasteiger partial charge >= 0.3 is 0 Å². The van der Waals surface area contributed by atoms with Gasteiger partial charge in [-0.05, 0) is 48.7 Å². The van der Waals surface area contributed by atoms with Gasteiger partial charge in [0.15, 0.2) is 0 Å². The summed E-state index contributed by atoms with van der Waals surface area (Å²) in [7, 11) is 0. The van der Waals surface area contributed by atoms with Crippen molar-refractivity contribution in [2.75, 3.05) is 6.61 Å². The first kappa shape index (κ1) is 23.4. The van der Waals surface area contributed by atoms with E-state index in [1.54, 1.807) is 24.3 Å². The second-order valence-electron chi connectivity index (χ2n) is 7.18. The van der Waals surface area contributed by atoms with Crippen LogP contribution in [-0.4, -0.2) is 30.7 Å². The fourth-order valence-electron chi connectivity index (χ4n) is 2.64. The smallest absolute Gasteiger partial charge is 0.262 e. The second-order valence-corrected chi connectivity index (χ2v) is 7.61. The van der Waals surface area contributed by atoms with E-state index in [2.05, 4.69) is 22.8 Å². The Bertz CT molecular complexity index is 866. The molecule has 6 nitrogen and oxygen atoms in total. The van der Waals surface area contributed by atoms with E-state index in [9.17, 15) is 9.59 Å². The lowest BCUT2D eigenvalue weighted by Gasteiger charge is -2.20. The molecule has 0 spiro atoms. The maximum atomic E-state index is 12.6. The van der Waals surface area contributed by atoms with E-state index in [1.165, 1.54) is 6.21 Å². The van der Waals surface area contributed by atoms with Crippen molar-refractivity contribution in [2.45, 2.75) is 39.7 Å². The fourth-order valence-corrected chi connectivity index (χ4v) is 2.77. The molecule has 0 aliphatic heterocycles. The first-order valence-electron chi connectivity index (χ1n) is 10.0. The summed E-state index contributed by atoms with van der Waals surface area (Å²) < 4.78 is 5.76. The molecular weight excluding hydrogens is 402 g/mol. The summed E-state index contributed by atoms with van der Waals surface area (Å²) in [5.74, 6) is -0.159. The van der Waals surface area contributed by atoms with Crippen LogP contribution >= 0.6 is 11.6 Å². The standard InChI is InChI=1S/C23H28ClN3O3/c1-4-5-14-30-20-9-7-6-8-18(20)15-25-27-23(29)21(16(2)3)26-22(28)17-10-12-19(24)13-11-17/h6-13,15-16,21H,4-5,14H2,1-3H3,(H,26,28)(H,27,29). The normalized spacial score (nSPS) is 12.0. The summed E-state index contributed by atoms with van der Waals surface area (Å²) in [6.45, 7) is 6.43. The molecule has 0 bridgehead atoms. The number of carbonyl (C=O) groups excluding carboxylic acids is 2. The largest absolute Gasteiger partial charge is 0.493 e. The predicted molar refractivity (Wildman–Crippen MR) is 120 cm³/mol. The number of rotatable bonds is 10. The average Bonchev–Trinajstić information content (AvgIpc) is 2.73. The predicted octanol–water partition coefficient (Wildman–Crippen LogP) is 4.42. The molecule has 2 N–H and O–H groups in total. The molecule has 1 unspecified atom stereocenters. The van der Waals surface area contributed by atoms with Crippen molar-refractivity contribution in [3.63, 3.8) is 0 Å². The molecule has 1 atom stereocenters. The van der Waals surface area contributed by atoms with E-state index in [-0.39, 0.29) is 11.8 Å². The Hall–Kier alpha value is -2.86. The zero-order valence-electron chi connectivity index (χ0n) is 17.5. The summed E-state index contributed by atoms with van der Waals surface area (Å²) in [5.41, 5.74) is 3.71. The molecule has 7 heteroatoms. The quantitative estimate of drug-likeness (QED) is 0.333. The number of halogens is 1. The summed E-state index contributed by atoms with van der Waals surface area (Å²) in [6.07, 6.45) is 3.55. The van der Waals surface area contributed by atoms with Gasteiger partial charge in [-0.15, -0.1) is 0 Å². The number of hydrogen-bond acceptors (Lipinski definition) is 4. The molecule has 160 valence electrons. The minimum atomic E-state index is -0.735. The highest BCUT2D eigenvalue weighted by Gasteiger charge is 2.24. The molecule has 30 heavy (non-hydrogen) atoms. The van der Waals surface area contributed by atoms with Crippen LogP contribution in [0.3, 0.4) is 0 Å². The Morgan fingerprint density at radius 2 is 1.83 bits per heavy atom. The van der Waals surface area contributed by atoms with Gasteiger partial charge in [0.1, 0.15) is 11.8 Å². The molecule has 2 aromatic carbocycles. The fraction of sp³-hybridized carbons (Fsp3) is 0.348. The van der Waals surface area contributed by atoms with Crippen molar-refractivity contribution in [3.05, 3.63) is 64.7 Å². The number of ether oxygens (including phenoxy) is 1. The Morgan fingerprint density at radius 1 is 1.13 bits per heavy atom. The maximum Gasteiger partial charge on any atom is 0.262 e. The van der Waals surface area contributed by atoms with Crippen molar-refractivity contribution in [1.29, 1.82) is 0 Å². The van der Waals surface area contributed by atoms with E-state index in [0.717, 1.165) is 18.4 Å². The van der Waals surface area contributed by atoms with Crippen LogP contribution < -0.4 is 15.5 Å². The van der Waals surface area contributed by atoms with E-state index in [4.69, 9.17) is 16.3 Å². The van der Waals surface area contributed by atoms with Gasteiger partial charge in [-0.3, -0.25) is 9.59 Å². The number of amides is 2. The van der Waals surface area contributed by atoms with Gasteiger partial charge in [-0.2, -0.15) is 5.10 Å². The van der Waals surface area contributed by atoms with E-state index >= 15 is 0 Å². The van der Waals surface area contributed by atoms with Crippen molar-refractivity contribution in [3.8, 4) is 5.75 Å². The van der Waals surface area contributed by atoms with Gasteiger partial charge in [0.05, 0.1) is 12.8 Å². The minimum absolute atomic E-state index is 0.124. The zero-order valence-corrected chi connectivity index (χ0v) is 18.3. The number of para-hydroxylation sites is 1. The van der Waals surface area contributed by atoms with E-state index in [1.807, 2.05) is 38.1 Å². The monoisotopic (exact) mass is 429 g/mol. The molecule has 2 rings (SSSR count). The number of carbonyl (C=O) groups is 2. The first-order chi connectivity index (χ1) is 14.4. The summed E-state index contributed by atoms with van der Waals surface area (Å²) in [5, 5.41) is 7.35. The maximum absolute atomic E-state index is 12.6. The van der Waals surface area contributed by atoms with Crippen molar-refractivity contribution < 1.29 is 14.3 Å². The van der Waals surface area contributed by atoms with Crippen LogP contribution in [0, 0.1) is 5.92 Å². The molecule has 0 heterocycles. The van der Waals surface area contributed by atoms with E-state index in [0.29, 0.717) is 22.9 Å². The Morgan fingerprint density at radius 3 is 2.50 bits per heavy atom. The third kappa shape index (κ3) is 7.19. The summed E-state index contributed by atoms with van der Waals surface area (Å²) >= 11 is 5.86. The lowest BCUT2D eigenvalue weighted by atomic mass is 10.0. The minimum Gasteiger partial charge on any atom is -0.493 e. The second kappa shape index (κ2) is 12.0. The number of nitrogens with zero attached hydrogens (tertiary/aromatic N) is 1. The van der Waals surface area contributed by atoms with Crippen LogP contribution in [0.1, 0.15) is 49.5 Å². The van der Waals surface area contributed by atoms with Gasteiger partial charge < -0.3 is 10.1 Å². The number of hydrogen-bond donors (Lipinski definition) is 2. The number of benzene rings is 2. The zero-order chi connectivity index (χ0) is 21.9. The highest BCUT2D eigenvalue weighted by molar-refractivity contribution is 6.30. The molecule has 0 saturated heterocycles. The van der Waals surface area contributed by atoms with Crippen LogP contribution in [0.5, 0.6) is 5.75 Å². The Labute approximate surface area is 182 Å². The highest BCUT2D eigenvalue weighted by Crippen LogP contribution is 2.16. The topological polar surface area (TPSA) is 79.8 Å². The molecule has 0 aliphatic carbocycles. The van der Waals surface area contributed by atoms with E-state index < -0.39 is 11.9 Å². The van der Waals surface area contributed by atoms with Gasteiger partial charge in [0.25, 0.3) is 11.8 Å². The Kier molecular flexibility index (Phi) is 9.35. The van der Waals surface area contributed by atoms with Crippen LogP contribution in [0.2, 0.25) is 5.02 Å². The van der Waals surface area contributed by atoms with Crippen LogP contribution in [-0.2, 0) is 4.79 Å². The number of nitrogens with one attached hydrogen (secondary N) is 2. The van der Waals surface area contributed by atoms with Crippen LogP contribution in [0.25, 0.3) is 0 Å². The first-order valence-corrected chi connectivity index (χ1v) is 10.4. The lowest BCUT2D eigenvalue weighted by molar-refractivity contribution is -0.123. The Balaban J connectivity index is 2.00.